The lowest BCUT2D eigenvalue weighted by Crippen LogP contribution is -2.08. The summed E-state index contributed by atoms with van der Waals surface area (Å²) in [5.74, 6) is 0.599. The molecule has 4 aromatic rings. The topological polar surface area (TPSA) is 300 Å². The Bertz CT molecular complexity index is 2080. The fourth-order valence-corrected chi connectivity index (χ4v) is 9.60. The number of unbranched alkanes of at least 4 members (excludes halogenated alkanes) is 26. The van der Waals surface area contributed by atoms with Gasteiger partial charge in [0, 0.05) is 46.1 Å². The van der Waals surface area contributed by atoms with Gasteiger partial charge in [0.2, 0.25) is 0 Å². The van der Waals surface area contributed by atoms with Crippen molar-refractivity contribution in [3.63, 3.8) is 0 Å². The van der Waals surface area contributed by atoms with E-state index in [4.69, 9.17) is 49.8 Å². The van der Waals surface area contributed by atoms with Crippen LogP contribution in [-0.4, -0.2) is 124 Å². The molecular formula is C55H106N10O11P2. The van der Waals surface area contributed by atoms with Gasteiger partial charge >= 0.3 is 15.2 Å². The van der Waals surface area contributed by atoms with Gasteiger partial charge in [0.25, 0.3) is 0 Å². The van der Waals surface area contributed by atoms with Crippen LogP contribution in [0, 0.1) is 0 Å². The monoisotopic (exact) mass is 1140 g/mol. The van der Waals surface area contributed by atoms with E-state index in [-0.39, 0.29) is 46.0 Å². The van der Waals surface area contributed by atoms with Crippen molar-refractivity contribution in [2.75, 3.05) is 77.0 Å². The Hall–Kier alpha value is -3.20. The number of rotatable bonds is 48. The molecule has 4 aromatic heterocycles. The predicted molar refractivity (Wildman–Crippen MR) is 314 cm³/mol. The highest BCUT2D eigenvalue weighted by Crippen LogP contribution is 2.41. The smallest absolute Gasteiger partial charge is 0.353 e. The Morgan fingerprint density at radius 1 is 0.436 bits per heavy atom. The summed E-state index contributed by atoms with van der Waals surface area (Å²) in [7, 11) is -7.92. The van der Waals surface area contributed by atoms with E-state index in [2.05, 4.69) is 43.8 Å². The molecule has 1 atom stereocenters. The molecule has 4 rings (SSSR count). The number of aliphatic hydroxyl groups excluding tert-OH is 1. The minimum atomic E-state index is -4.12. The van der Waals surface area contributed by atoms with Crippen molar-refractivity contribution in [2.24, 2.45) is 0 Å². The van der Waals surface area contributed by atoms with Gasteiger partial charge in [-0.15, -0.1) is 0 Å². The Balaban J connectivity index is 0.000000641. The number of fused-ring (bicyclic) bond motifs is 2. The van der Waals surface area contributed by atoms with Gasteiger partial charge in [-0.3, -0.25) is 9.13 Å². The van der Waals surface area contributed by atoms with Gasteiger partial charge in [0.1, 0.15) is 36.4 Å². The molecule has 0 amide bonds. The normalized spacial score (nSPS) is 12.3. The largest absolute Gasteiger partial charge is 0.396 e. The number of anilines is 2. The zero-order valence-electron chi connectivity index (χ0n) is 47.3. The van der Waals surface area contributed by atoms with E-state index in [1.54, 1.807) is 15.5 Å². The Kier molecular flexibility index (Phi) is 45.3. The number of hydrogen-bond donors (Lipinski definition) is 6. The number of ether oxygens (including phenoxy) is 4. The van der Waals surface area contributed by atoms with Crippen molar-refractivity contribution >= 4 is 49.2 Å². The van der Waals surface area contributed by atoms with Gasteiger partial charge in [-0.05, 0) is 25.7 Å². The molecule has 8 N–H and O–H groups in total. The van der Waals surface area contributed by atoms with Crippen LogP contribution >= 0.6 is 15.2 Å². The first-order valence-corrected chi connectivity index (χ1v) is 32.7. The van der Waals surface area contributed by atoms with Crippen molar-refractivity contribution in [2.45, 2.75) is 227 Å². The third-order valence-electron chi connectivity index (χ3n) is 12.8. The Morgan fingerprint density at radius 3 is 1.15 bits per heavy atom. The Labute approximate surface area is 468 Å². The number of aliphatic hydroxyl groups is 1. The summed E-state index contributed by atoms with van der Waals surface area (Å²) < 4.78 is 52.5. The molecule has 0 saturated heterocycles. The average molecular weight is 1150 g/mol. The standard InChI is InChI=1S/C27H50N5O5P.C19H40O2.C8H12N5O4P.CH4/c1-2-3-4-5-6-7-8-9-10-11-12-13-14-15-18-35-19-16-20-37-38(33,34)24-36-21-17-32-23-31-25-26(28)29-22-30-27(25)32;1-2-3-4-5-6-7-8-9-10-11-12-13-14-15-18-21-19-16-17-20;9-7-6-8(11-3-10-7)13(4-12-6)1-2-17-5-18(14,15)16;/h22-23H,2-21,24H2,1H3,(H,33,34)(H2,28,29,30);20H,2-19H2,1H3;3-4H,1-2,5H2,(H2,9,10,11)(H2,14,15,16);1H4. The second kappa shape index (κ2) is 48.5. The second-order valence-electron chi connectivity index (χ2n) is 19.8. The first-order chi connectivity index (χ1) is 37.4. The minimum absolute atomic E-state index is 0. The fourth-order valence-electron chi connectivity index (χ4n) is 8.39. The molecule has 0 spiro atoms. The molecule has 0 fully saturated rings. The quantitative estimate of drug-likeness (QED) is 0.0177. The zero-order valence-corrected chi connectivity index (χ0v) is 49.1. The van der Waals surface area contributed by atoms with Gasteiger partial charge in [-0.25, -0.2) is 29.9 Å². The highest BCUT2D eigenvalue weighted by molar-refractivity contribution is 7.52. The number of imidazole rings is 2. The van der Waals surface area contributed by atoms with Crippen LogP contribution in [0.1, 0.15) is 214 Å². The molecule has 0 saturated carbocycles. The van der Waals surface area contributed by atoms with Crippen LogP contribution in [-0.2, 0) is 45.7 Å². The highest BCUT2D eigenvalue weighted by atomic mass is 31.2. The fraction of sp³-hybridized carbons (Fsp3) is 0.818. The van der Waals surface area contributed by atoms with Crippen molar-refractivity contribution in [1.29, 1.82) is 0 Å². The number of hydrogen-bond acceptors (Lipinski definition) is 16. The lowest BCUT2D eigenvalue weighted by Gasteiger charge is -2.13. The predicted octanol–water partition coefficient (Wildman–Crippen LogP) is 12.5. The molecule has 4 heterocycles. The summed E-state index contributed by atoms with van der Waals surface area (Å²) in [5.41, 5.74) is 13.6. The molecule has 23 heteroatoms. The number of nitrogen functional groups attached to an aromatic ring is 2. The van der Waals surface area contributed by atoms with E-state index < -0.39 is 21.5 Å². The van der Waals surface area contributed by atoms with Crippen LogP contribution in [0.4, 0.5) is 11.6 Å². The van der Waals surface area contributed by atoms with E-state index in [1.165, 1.54) is 192 Å². The van der Waals surface area contributed by atoms with Crippen molar-refractivity contribution in [1.82, 2.24) is 39.0 Å². The highest BCUT2D eigenvalue weighted by Gasteiger charge is 2.20. The molecule has 0 aliphatic heterocycles. The maximum Gasteiger partial charge on any atom is 0.353 e. The minimum Gasteiger partial charge on any atom is -0.396 e. The van der Waals surface area contributed by atoms with Gasteiger partial charge in [0.15, 0.2) is 22.9 Å². The molecule has 21 nitrogen and oxygen atoms in total. The van der Waals surface area contributed by atoms with Crippen LogP contribution < -0.4 is 11.5 Å². The summed E-state index contributed by atoms with van der Waals surface area (Å²) in [6.07, 6.45) is 44.5. The lowest BCUT2D eigenvalue weighted by atomic mass is 10.0. The first-order valence-electron chi connectivity index (χ1n) is 29.2. The molecule has 0 aromatic carbocycles. The van der Waals surface area contributed by atoms with E-state index in [1.807, 2.05) is 0 Å². The summed E-state index contributed by atoms with van der Waals surface area (Å²) in [4.78, 5) is 51.3. The summed E-state index contributed by atoms with van der Waals surface area (Å²) >= 11 is 0. The SMILES string of the molecule is C.CCCCCCCCCCCCCCCCOCCCO.CCCCCCCCCCCCCCCCOCCCOP(=O)(O)COCCn1cnc2c(N)ncnc21.Nc1ncnc2c1ncn2CCOCP(=O)(O)O. The third-order valence-corrected chi connectivity index (χ3v) is 14.4. The van der Waals surface area contributed by atoms with Crippen LogP contribution in [0.3, 0.4) is 0 Å². The Morgan fingerprint density at radius 2 is 0.782 bits per heavy atom. The van der Waals surface area contributed by atoms with Crippen LogP contribution in [0.25, 0.3) is 22.3 Å². The molecular weight excluding hydrogens is 1040 g/mol. The van der Waals surface area contributed by atoms with Gasteiger partial charge in [-0.1, -0.05) is 188 Å². The van der Waals surface area contributed by atoms with E-state index in [0.717, 1.165) is 32.7 Å². The van der Waals surface area contributed by atoms with Crippen molar-refractivity contribution in [3.8, 4) is 0 Å². The van der Waals surface area contributed by atoms with Crippen LogP contribution in [0.5, 0.6) is 0 Å². The maximum atomic E-state index is 12.1. The first kappa shape index (κ1) is 72.8. The molecule has 1 unspecified atom stereocenters. The molecule has 0 aliphatic carbocycles. The maximum absolute atomic E-state index is 12.1. The van der Waals surface area contributed by atoms with Gasteiger partial charge in [-0.2, -0.15) is 0 Å². The average Bonchev–Trinajstić information content (AvgIpc) is 4.08. The molecule has 0 aliphatic rings. The number of nitrogens with zero attached hydrogens (tertiary/aromatic N) is 8. The van der Waals surface area contributed by atoms with Crippen LogP contribution in [0.15, 0.2) is 25.3 Å². The molecule has 0 radical (unpaired) electrons. The summed E-state index contributed by atoms with van der Waals surface area (Å²) in [5, 5.41) is 8.61. The van der Waals surface area contributed by atoms with Gasteiger partial charge in [0.05, 0.1) is 32.5 Å². The van der Waals surface area contributed by atoms with Crippen molar-refractivity contribution in [3.05, 3.63) is 25.3 Å². The number of aromatic nitrogens is 8. The van der Waals surface area contributed by atoms with E-state index in [0.29, 0.717) is 54.3 Å². The third kappa shape index (κ3) is 38.4. The number of nitrogens with two attached hydrogens (primary N) is 2. The van der Waals surface area contributed by atoms with Crippen molar-refractivity contribution < 1.29 is 52.4 Å². The zero-order chi connectivity index (χ0) is 55.9. The van der Waals surface area contributed by atoms with E-state index in [9.17, 15) is 14.0 Å². The van der Waals surface area contributed by atoms with Crippen LogP contribution in [0.2, 0.25) is 0 Å². The molecule has 452 valence electrons. The molecule has 78 heavy (non-hydrogen) atoms. The summed E-state index contributed by atoms with van der Waals surface area (Å²) in [6, 6.07) is 0. The van der Waals surface area contributed by atoms with E-state index >= 15 is 0 Å². The van der Waals surface area contributed by atoms with Gasteiger partial charge < -0.3 is 63.9 Å². The summed E-state index contributed by atoms with van der Waals surface area (Å²) in [6.45, 7) is 8.95. The lowest BCUT2D eigenvalue weighted by molar-refractivity contribution is 0.106. The molecule has 0 bridgehead atoms. The second-order valence-corrected chi connectivity index (χ2v) is 23.2.